The summed E-state index contributed by atoms with van der Waals surface area (Å²) in [6, 6.07) is 7.34. The fourth-order valence-corrected chi connectivity index (χ4v) is 3.92. The Morgan fingerprint density at radius 3 is 2.26 bits per heavy atom. The highest BCUT2D eigenvalue weighted by atomic mass is 16.5. The molecule has 1 aromatic carbocycles. The lowest BCUT2D eigenvalue weighted by Crippen LogP contribution is -2.41. The lowest BCUT2D eigenvalue weighted by molar-refractivity contribution is -0.139. The van der Waals surface area contributed by atoms with E-state index in [1.54, 1.807) is 0 Å². The second-order valence-electron chi connectivity index (χ2n) is 8.18. The van der Waals surface area contributed by atoms with Crippen LogP contribution in [0, 0.1) is 5.92 Å². The third-order valence-electron chi connectivity index (χ3n) is 5.10. The van der Waals surface area contributed by atoms with Crippen LogP contribution in [0.4, 0.5) is 0 Å². The van der Waals surface area contributed by atoms with E-state index in [2.05, 4.69) is 11.8 Å². The van der Waals surface area contributed by atoms with Crippen LogP contribution in [-0.2, 0) is 9.59 Å². The highest BCUT2D eigenvalue weighted by molar-refractivity contribution is 6.35. The standard InChI is InChI=1S/C22H30N2O3/c1-14(2)24-21(25)19(17-8-10-18(11-9-17)27-15(3)4)20(22(24)26)23-12-6-7-16(5)13-23/h8-11,14-16H,6-7,12-13H2,1-5H3. The molecule has 2 aliphatic heterocycles. The smallest absolute Gasteiger partial charge is 0.278 e. The van der Waals surface area contributed by atoms with Gasteiger partial charge < -0.3 is 9.64 Å². The molecule has 1 fully saturated rings. The van der Waals surface area contributed by atoms with Gasteiger partial charge in [0.15, 0.2) is 0 Å². The van der Waals surface area contributed by atoms with Crippen molar-refractivity contribution in [2.45, 2.75) is 59.6 Å². The minimum atomic E-state index is -0.194. The number of nitrogens with zero attached hydrogens (tertiary/aromatic N) is 2. The molecule has 5 nitrogen and oxygen atoms in total. The zero-order chi connectivity index (χ0) is 19.7. The zero-order valence-electron chi connectivity index (χ0n) is 17.0. The highest BCUT2D eigenvalue weighted by Crippen LogP contribution is 2.35. The summed E-state index contributed by atoms with van der Waals surface area (Å²) in [4.78, 5) is 29.8. The number of rotatable bonds is 5. The normalized spacial score (nSPS) is 21.1. The number of imide groups is 1. The van der Waals surface area contributed by atoms with E-state index in [9.17, 15) is 9.59 Å². The Kier molecular flexibility index (Phi) is 5.59. The second kappa shape index (κ2) is 7.75. The van der Waals surface area contributed by atoms with Gasteiger partial charge in [0.1, 0.15) is 11.4 Å². The summed E-state index contributed by atoms with van der Waals surface area (Å²) in [7, 11) is 0. The van der Waals surface area contributed by atoms with Gasteiger partial charge in [-0.3, -0.25) is 14.5 Å². The lowest BCUT2D eigenvalue weighted by Gasteiger charge is -2.33. The van der Waals surface area contributed by atoms with Crippen molar-refractivity contribution in [3.63, 3.8) is 0 Å². The first-order valence-corrected chi connectivity index (χ1v) is 9.93. The SMILES string of the molecule is CC1CCCN(C2=C(c3ccc(OC(C)C)cc3)C(=O)N(C(C)C)C2=O)C1. The fourth-order valence-electron chi connectivity index (χ4n) is 3.92. The van der Waals surface area contributed by atoms with Gasteiger partial charge in [-0.2, -0.15) is 0 Å². The van der Waals surface area contributed by atoms with Crippen molar-refractivity contribution in [2.75, 3.05) is 13.1 Å². The van der Waals surface area contributed by atoms with Crippen molar-refractivity contribution in [2.24, 2.45) is 5.92 Å². The third kappa shape index (κ3) is 3.87. The molecule has 0 aliphatic carbocycles. The number of carbonyl (C=O) groups is 2. The van der Waals surface area contributed by atoms with Crippen LogP contribution in [0.2, 0.25) is 0 Å². The highest BCUT2D eigenvalue weighted by Gasteiger charge is 2.43. The quantitative estimate of drug-likeness (QED) is 0.742. The van der Waals surface area contributed by atoms with Crippen molar-refractivity contribution in [3.05, 3.63) is 35.5 Å². The minimum Gasteiger partial charge on any atom is -0.491 e. The van der Waals surface area contributed by atoms with E-state index in [-0.39, 0.29) is 24.0 Å². The van der Waals surface area contributed by atoms with Crippen LogP contribution < -0.4 is 4.74 Å². The molecule has 2 aliphatic rings. The zero-order valence-corrected chi connectivity index (χ0v) is 17.0. The Morgan fingerprint density at radius 1 is 1.04 bits per heavy atom. The summed E-state index contributed by atoms with van der Waals surface area (Å²) >= 11 is 0. The molecular formula is C22H30N2O3. The van der Waals surface area contributed by atoms with Gasteiger partial charge >= 0.3 is 0 Å². The van der Waals surface area contributed by atoms with Crippen molar-refractivity contribution in [1.82, 2.24) is 9.80 Å². The maximum atomic E-state index is 13.1. The predicted octanol–water partition coefficient (Wildman–Crippen LogP) is 3.69. The Balaban J connectivity index is 2.02. The molecule has 0 saturated carbocycles. The van der Waals surface area contributed by atoms with Crippen LogP contribution in [0.5, 0.6) is 5.75 Å². The van der Waals surface area contributed by atoms with E-state index in [0.717, 1.165) is 37.2 Å². The summed E-state index contributed by atoms with van der Waals surface area (Å²) in [5.74, 6) is 0.924. The van der Waals surface area contributed by atoms with Gasteiger partial charge in [0, 0.05) is 19.1 Å². The molecule has 0 radical (unpaired) electrons. The minimum absolute atomic E-state index is 0.0894. The lowest BCUT2D eigenvalue weighted by atomic mass is 9.97. The van der Waals surface area contributed by atoms with Gasteiger partial charge in [-0.1, -0.05) is 19.1 Å². The number of hydrogen-bond donors (Lipinski definition) is 0. The Labute approximate surface area is 162 Å². The molecule has 1 saturated heterocycles. The first kappa shape index (κ1) is 19.5. The fraction of sp³-hybridized carbons (Fsp3) is 0.545. The molecule has 0 spiro atoms. The maximum Gasteiger partial charge on any atom is 0.278 e. The summed E-state index contributed by atoms with van der Waals surface area (Å²) < 4.78 is 5.71. The number of likely N-dealkylation sites (tertiary alicyclic amines) is 1. The van der Waals surface area contributed by atoms with E-state index in [1.807, 2.05) is 52.0 Å². The van der Waals surface area contributed by atoms with Crippen molar-refractivity contribution < 1.29 is 14.3 Å². The molecule has 0 aromatic heterocycles. The monoisotopic (exact) mass is 370 g/mol. The van der Waals surface area contributed by atoms with E-state index < -0.39 is 0 Å². The average Bonchev–Trinajstić information content (AvgIpc) is 2.85. The van der Waals surface area contributed by atoms with E-state index in [1.165, 1.54) is 4.90 Å². The molecule has 1 aromatic rings. The molecule has 1 atom stereocenters. The molecule has 2 heterocycles. The Morgan fingerprint density at radius 2 is 1.70 bits per heavy atom. The number of carbonyl (C=O) groups excluding carboxylic acids is 2. The Bertz CT molecular complexity index is 749. The van der Waals surface area contributed by atoms with Crippen LogP contribution in [0.1, 0.15) is 53.0 Å². The number of amides is 2. The van der Waals surface area contributed by atoms with E-state index >= 15 is 0 Å². The van der Waals surface area contributed by atoms with Gasteiger partial charge in [0.05, 0.1) is 11.7 Å². The molecule has 0 N–H and O–H groups in total. The summed E-state index contributed by atoms with van der Waals surface area (Å²) in [6.07, 6.45) is 2.30. The van der Waals surface area contributed by atoms with Gasteiger partial charge in [-0.25, -0.2) is 0 Å². The molecule has 1 unspecified atom stereocenters. The average molecular weight is 370 g/mol. The first-order chi connectivity index (χ1) is 12.8. The van der Waals surface area contributed by atoms with Crippen LogP contribution in [0.25, 0.3) is 5.57 Å². The summed E-state index contributed by atoms with van der Waals surface area (Å²) in [5.41, 5.74) is 1.87. The molecule has 2 amide bonds. The number of hydrogen-bond acceptors (Lipinski definition) is 4. The molecule has 3 rings (SSSR count). The maximum absolute atomic E-state index is 13.1. The predicted molar refractivity (Wildman–Crippen MR) is 106 cm³/mol. The van der Waals surface area contributed by atoms with Crippen LogP contribution in [-0.4, -0.2) is 46.8 Å². The molecule has 27 heavy (non-hydrogen) atoms. The molecule has 5 heteroatoms. The van der Waals surface area contributed by atoms with Gasteiger partial charge in [-0.05, 0) is 64.2 Å². The van der Waals surface area contributed by atoms with Gasteiger partial charge in [0.25, 0.3) is 11.8 Å². The van der Waals surface area contributed by atoms with Crippen LogP contribution in [0.15, 0.2) is 30.0 Å². The van der Waals surface area contributed by atoms with Crippen LogP contribution in [0.3, 0.4) is 0 Å². The number of piperidine rings is 1. The first-order valence-electron chi connectivity index (χ1n) is 9.93. The Hall–Kier alpha value is -2.30. The second-order valence-corrected chi connectivity index (χ2v) is 8.18. The summed E-state index contributed by atoms with van der Waals surface area (Å²) in [5, 5.41) is 0. The van der Waals surface area contributed by atoms with Crippen molar-refractivity contribution in [3.8, 4) is 5.75 Å². The van der Waals surface area contributed by atoms with E-state index in [4.69, 9.17) is 4.74 Å². The molecule has 0 bridgehead atoms. The summed E-state index contributed by atoms with van der Waals surface area (Å²) in [6.45, 7) is 11.6. The molecule has 146 valence electrons. The van der Waals surface area contributed by atoms with Crippen molar-refractivity contribution >= 4 is 17.4 Å². The van der Waals surface area contributed by atoms with E-state index in [0.29, 0.717) is 17.2 Å². The third-order valence-corrected chi connectivity index (χ3v) is 5.10. The topological polar surface area (TPSA) is 49.9 Å². The van der Waals surface area contributed by atoms with Gasteiger partial charge in [0.2, 0.25) is 0 Å². The molecular weight excluding hydrogens is 340 g/mol. The van der Waals surface area contributed by atoms with Crippen LogP contribution >= 0.6 is 0 Å². The van der Waals surface area contributed by atoms with Crippen molar-refractivity contribution in [1.29, 1.82) is 0 Å². The number of ether oxygens (including phenoxy) is 1. The van der Waals surface area contributed by atoms with Gasteiger partial charge in [-0.15, -0.1) is 0 Å². The largest absolute Gasteiger partial charge is 0.491 e. The number of benzene rings is 1.